The number of carboxylic acid groups (broad SMARTS) is 1. The minimum atomic E-state index is -0.867. The average Bonchev–Trinajstić information content (AvgIpc) is 3.27. The molecule has 0 saturated heterocycles. The van der Waals surface area contributed by atoms with Crippen molar-refractivity contribution in [3.05, 3.63) is 95.8 Å². The highest BCUT2D eigenvalue weighted by atomic mass is 16.5. The molecule has 2 aromatic heterocycles. The smallest absolute Gasteiger partial charge is 0.304 e. The molecule has 4 aromatic rings. The van der Waals surface area contributed by atoms with Gasteiger partial charge in [0.25, 0.3) is 0 Å². The zero-order chi connectivity index (χ0) is 22.3. The summed E-state index contributed by atoms with van der Waals surface area (Å²) in [5.74, 6) is 5.31. The Morgan fingerprint density at radius 3 is 2.59 bits per heavy atom. The fourth-order valence-corrected chi connectivity index (χ4v) is 3.73. The van der Waals surface area contributed by atoms with E-state index in [0.29, 0.717) is 12.2 Å². The number of aromatic nitrogens is 2. The standard InChI is InChI=1S/C27H24N2O3/c1-2-6-21(17-26(30)31)20-9-11-24(12-10-20)32-25(15-19-7-4-3-5-8-19)23-16-22-13-14-28-27(22)29-18-23/h3-5,7-14,16,18,21,25H,15,17H2,1H3,(H,28,29)(H,30,31)/t21?,25-/m0/s1. The van der Waals surface area contributed by atoms with Crippen LogP contribution in [-0.4, -0.2) is 21.0 Å². The number of H-pyrrole nitrogens is 1. The Balaban J connectivity index is 1.60. The summed E-state index contributed by atoms with van der Waals surface area (Å²) in [5, 5.41) is 10.2. The molecule has 0 aliphatic rings. The molecule has 0 spiro atoms. The number of nitrogens with one attached hydrogen (secondary N) is 1. The number of carboxylic acids is 1. The third kappa shape index (κ3) is 5.16. The van der Waals surface area contributed by atoms with Gasteiger partial charge in [-0.2, -0.15) is 0 Å². The highest BCUT2D eigenvalue weighted by molar-refractivity contribution is 5.75. The van der Waals surface area contributed by atoms with Gasteiger partial charge in [0.2, 0.25) is 0 Å². The summed E-state index contributed by atoms with van der Waals surface area (Å²) in [6.07, 6.45) is 4.17. The molecule has 4 rings (SSSR count). The molecule has 0 aliphatic heterocycles. The third-order valence-electron chi connectivity index (χ3n) is 5.32. The lowest BCUT2D eigenvalue weighted by atomic mass is 9.96. The Hall–Kier alpha value is -4.04. The lowest BCUT2D eigenvalue weighted by molar-refractivity contribution is -0.137. The molecule has 0 saturated carbocycles. The summed E-state index contributed by atoms with van der Waals surface area (Å²) in [6, 6.07) is 21.8. The van der Waals surface area contributed by atoms with Crippen molar-refractivity contribution in [2.75, 3.05) is 0 Å². The summed E-state index contributed by atoms with van der Waals surface area (Å²) in [5.41, 5.74) is 3.87. The number of fused-ring (bicyclic) bond motifs is 1. The molecule has 0 fully saturated rings. The number of rotatable bonds is 8. The Kier molecular flexibility index (Phi) is 6.52. The first kappa shape index (κ1) is 21.2. The van der Waals surface area contributed by atoms with Gasteiger partial charge in [0.1, 0.15) is 17.5 Å². The number of nitrogens with zero attached hydrogens (tertiary/aromatic N) is 1. The van der Waals surface area contributed by atoms with E-state index in [4.69, 9.17) is 4.74 Å². The molecule has 2 heterocycles. The number of aromatic amines is 1. The van der Waals surface area contributed by atoms with Crippen molar-refractivity contribution in [1.82, 2.24) is 9.97 Å². The van der Waals surface area contributed by atoms with Crippen LogP contribution >= 0.6 is 0 Å². The third-order valence-corrected chi connectivity index (χ3v) is 5.32. The summed E-state index contributed by atoms with van der Waals surface area (Å²) in [4.78, 5) is 18.8. The van der Waals surface area contributed by atoms with E-state index >= 15 is 0 Å². The molecule has 0 radical (unpaired) electrons. The van der Waals surface area contributed by atoms with E-state index in [9.17, 15) is 9.90 Å². The Morgan fingerprint density at radius 2 is 1.88 bits per heavy atom. The van der Waals surface area contributed by atoms with Crippen molar-refractivity contribution in [1.29, 1.82) is 0 Å². The predicted octanol–water partition coefficient (Wildman–Crippen LogP) is 5.51. The molecule has 1 unspecified atom stereocenters. The first-order chi connectivity index (χ1) is 15.6. The molecule has 0 aliphatic carbocycles. The SMILES string of the molecule is CC#CC(CC(=O)O)c1ccc(O[C@@H](Cc2ccccc2)c2cnc3[nH]ccc3c2)cc1. The van der Waals surface area contributed by atoms with Crippen LogP contribution in [0.3, 0.4) is 0 Å². The summed E-state index contributed by atoms with van der Waals surface area (Å²) in [7, 11) is 0. The van der Waals surface area contributed by atoms with Gasteiger partial charge >= 0.3 is 5.97 Å². The van der Waals surface area contributed by atoms with Gasteiger partial charge in [0.15, 0.2) is 0 Å². The Morgan fingerprint density at radius 1 is 1.09 bits per heavy atom. The molecule has 160 valence electrons. The van der Waals surface area contributed by atoms with E-state index in [1.165, 1.54) is 5.56 Å². The highest BCUT2D eigenvalue weighted by Gasteiger charge is 2.17. The molecule has 0 amide bonds. The van der Waals surface area contributed by atoms with Crippen LogP contribution in [0.25, 0.3) is 11.0 Å². The summed E-state index contributed by atoms with van der Waals surface area (Å²) < 4.78 is 6.40. The number of aliphatic carboxylic acids is 1. The van der Waals surface area contributed by atoms with Crippen molar-refractivity contribution in [3.8, 4) is 17.6 Å². The second-order valence-corrected chi connectivity index (χ2v) is 7.59. The van der Waals surface area contributed by atoms with Crippen LogP contribution in [0.15, 0.2) is 79.1 Å². The van der Waals surface area contributed by atoms with Gasteiger partial charge in [0, 0.05) is 29.8 Å². The van der Waals surface area contributed by atoms with Gasteiger partial charge in [-0.25, -0.2) is 4.98 Å². The Bertz CT molecular complexity index is 1250. The lowest BCUT2D eigenvalue weighted by Gasteiger charge is -2.20. The van der Waals surface area contributed by atoms with E-state index in [2.05, 4.69) is 40.0 Å². The van der Waals surface area contributed by atoms with Crippen molar-refractivity contribution < 1.29 is 14.6 Å². The summed E-state index contributed by atoms with van der Waals surface area (Å²) >= 11 is 0. The largest absolute Gasteiger partial charge is 0.485 e. The molecule has 32 heavy (non-hydrogen) atoms. The zero-order valence-electron chi connectivity index (χ0n) is 17.8. The molecule has 5 heteroatoms. The van der Waals surface area contributed by atoms with E-state index < -0.39 is 5.97 Å². The van der Waals surface area contributed by atoms with E-state index in [-0.39, 0.29) is 18.4 Å². The number of carbonyl (C=O) groups is 1. The second kappa shape index (κ2) is 9.84. The van der Waals surface area contributed by atoms with E-state index in [1.807, 2.05) is 60.9 Å². The van der Waals surface area contributed by atoms with Crippen LogP contribution in [0.2, 0.25) is 0 Å². The molecule has 2 atom stereocenters. The van der Waals surface area contributed by atoms with Crippen molar-refractivity contribution in [2.45, 2.75) is 31.8 Å². The fourth-order valence-electron chi connectivity index (χ4n) is 3.73. The fraction of sp³-hybridized carbons (Fsp3) is 0.185. The molecule has 5 nitrogen and oxygen atoms in total. The van der Waals surface area contributed by atoms with Gasteiger partial charge in [-0.15, -0.1) is 5.92 Å². The maximum atomic E-state index is 11.2. The first-order valence-corrected chi connectivity index (χ1v) is 10.5. The highest BCUT2D eigenvalue weighted by Crippen LogP contribution is 2.29. The van der Waals surface area contributed by atoms with Crippen LogP contribution in [-0.2, 0) is 11.2 Å². The predicted molar refractivity (Wildman–Crippen MR) is 124 cm³/mol. The van der Waals surface area contributed by atoms with Crippen LogP contribution in [0.1, 0.15) is 42.1 Å². The molecule has 0 bridgehead atoms. The zero-order valence-corrected chi connectivity index (χ0v) is 17.8. The van der Waals surface area contributed by atoms with Crippen LogP contribution in [0.5, 0.6) is 5.75 Å². The number of pyridine rings is 1. The minimum absolute atomic E-state index is 0.0278. The number of hydrogen-bond acceptors (Lipinski definition) is 3. The maximum absolute atomic E-state index is 11.2. The van der Waals surface area contributed by atoms with Gasteiger partial charge < -0.3 is 14.8 Å². The molecule has 2 aromatic carbocycles. The number of ether oxygens (including phenoxy) is 1. The van der Waals surface area contributed by atoms with Crippen LogP contribution in [0.4, 0.5) is 0 Å². The maximum Gasteiger partial charge on any atom is 0.304 e. The number of hydrogen-bond donors (Lipinski definition) is 2. The number of benzene rings is 2. The van der Waals surface area contributed by atoms with Gasteiger partial charge in [-0.1, -0.05) is 48.4 Å². The van der Waals surface area contributed by atoms with Crippen molar-refractivity contribution >= 4 is 17.0 Å². The van der Waals surface area contributed by atoms with Crippen LogP contribution < -0.4 is 4.74 Å². The molecular formula is C27H24N2O3. The normalized spacial score (nSPS) is 12.5. The van der Waals surface area contributed by atoms with Crippen molar-refractivity contribution in [3.63, 3.8) is 0 Å². The average molecular weight is 425 g/mol. The van der Waals surface area contributed by atoms with Crippen LogP contribution in [0, 0.1) is 11.8 Å². The van der Waals surface area contributed by atoms with Gasteiger partial charge in [-0.3, -0.25) is 4.79 Å². The minimum Gasteiger partial charge on any atom is -0.485 e. The monoisotopic (exact) mass is 424 g/mol. The molecular weight excluding hydrogens is 400 g/mol. The van der Waals surface area contributed by atoms with Gasteiger partial charge in [-0.05, 0) is 42.3 Å². The van der Waals surface area contributed by atoms with Gasteiger partial charge in [0.05, 0.1) is 12.3 Å². The molecule has 2 N–H and O–H groups in total. The lowest BCUT2D eigenvalue weighted by Crippen LogP contribution is -2.11. The van der Waals surface area contributed by atoms with E-state index in [1.54, 1.807) is 6.92 Å². The van der Waals surface area contributed by atoms with Crippen molar-refractivity contribution in [2.24, 2.45) is 0 Å². The second-order valence-electron chi connectivity index (χ2n) is 7.59. The summed E-state index contributed by atoms with van der Waals surface area (Å²) in [6.45, 7) is 1.72. The first-order valence-electron chi connectivity index (χ1n) is 10.5. The topological polar surface area (TPSA) is 75.2 Å². The van der Waals surface area contributed by atoms with E-state index in [0.717, 1.165) is 22.2 Å². The Labute approximate surface area is 187 Å². The quantitative estimate of drug-likeness (QED) is 0.366.